The Balaban J connectivity index is 1.64. The predicted octanol–water partition coefficient (Wildman–Crippen LogP) is 1.04. The van der Waals surface area contributed by atoms with E-state index in [1.165, 1.54) is 5.69 Å². The van der Waals surface area contributed by atoms with Crippen LogP contribution in [0.15, 0.2) is 6.20 Å². The minimum atomic E-state index is 0.148. The molecule has 0 unspecified atom stereocenters. The average molecular weight is 335 g/mol. The highest BCUT2D eigenvalue weighted by Gasteiger charge is 2.25. The lowest BCUT2D eigenvalue weighted by atomic mass is 10.3. The fourth-order valence-corrected chi connectivity index (χ4v) is 3.44. The Morgan fingerprint density at radius 2 is 1.83 bits per heavy atom. The summed E-state index contributed by atoms with van der Waals surface area (Å²) < 4.78 is 7.65. The molecule has 2 amide bonds. The Hall–Kier alpha value is -1.60. The van der Waals surface area contributed by atoms with E-state index in [4.69, 9.17) is 4.74 Å². The van der Waals surface area contributed by atoms with E-state index in [0.717, 1.165) is 51.5 Å². The molecule has 1 aromatic rings. The number of carbonyl (C=O) groups excluding carboxylic acids is 1. The van der Waals surface area contributed by atoms with Gasteiger partial charge >= 0.3 is 6.03 Å². The van der Waals surface area contributed by atoms with Crippen molar-refractivity contribution in [2.75, 3.05) is 52.5 Å². The summed E-state index contributed by atoms with van der Waals surface area (Å²) in [5.41, 5.74) is 1.26. The summed E-state index contributed by atoms with van der Waals surface area (Å²) >= 11 is 0. The number of rotatable bonds is 4. The summed E-state index contributed by atoms with van der Waals surface area (Å²) in [6.07, 6.45) is 2.83. The van der Waals surface area contributed by atoms with Crippen LogP contribution in [0.3, 0.4) is 0 Å². The lowest BCUT2D eigenvalue weighted by Gasteiger charge is -2.32. The SMILES string of the molecule is CCN(CC)Cc1cnc2n1CCN(C(=O)N1CCOCC1)CC2. The molecule has 0 saturated carbocycles. The Morgan fingerprint density at radius 3 is 2.54 bits per heavy atom. The molecule has 3 rings (SSSR count). The molecule has 1 aromatic heterocycles. The molecule has 0 radical (unpaired) electrons. The summed E-state index contributed by atoms with van der Waals surface area (Å²) in [6, 6.07) is 0.148. The van der Waals surface area contributed by atoms with Crippen molar-refractivity contribution in [1.82, 2.24) is 24.3 Å². The maximum absolute atomic E-state index is 12.7. The number of amides is 2. The van der Waals surface area contributed by atoms with Crippen LogP contribution in [0.1, 0.15) is 25.4 Å². The number of nitrogens with zero attached hydrogens (tertiary/aromatic N) is 5. The van der Waals surface area contributed by atoms with E-state index in [9.17, 15) is 4.79 Å². The zero-order valence-corrected chi connectivity index (χ0v) is 14.9. The summed E-state index contributed by atoms with van der Waals surface area (Å²) in [5.74, 6) is 1.11. The number of fused-ring (bicyclic) bond motifs is 1. The van der Waals surface area contributed by atoms with Crippen LogP contribution in [-0.4, -0.2) is 82.8 Å². The first kappa shape index (κ1) is 17.2. The molecule has 0 bridgehead atoms. The Labute approximate surface area is 144 Å². The Morgan fingerprint density at radius 1 is 1.12 bits per heavy atom. The van der Waals surface area contributed by atoms with E-state index in [1.54, 1.807) is 0 Å². The summed E-state index contributed by atoms with van der Waals surface area (Å²) in [5, 5.41) is 0. The molecular weight excluding hydrogens is 306 g/mol. The molecular formula is C17H29N5O2. The number of hydrogen-bond donors (Lipinski definition) is 0. The van der Waals surface area contributed by atoms with Crippen molar-refractivity contribution in [3.63, 3.8) is 0 Å². The molecule has 2 aliphatic heterocycles. The molecule has 2 aliphatic rings. The van der Waals surface area contributed by atoms with Gasteiger partial charge in [-0.05, 0) is 13.1 Å². The van der Waals surface area contributed by atoms with E-state index in [1.807, 2.05) is 16.0 Å². The molecule has 0 N–H and O–H groups in total. The third-order valence-electron chi connectivity index (χ3n) is 5.05. The standard InChI is InChI=1S/C17H29N5O2/c1-3-19(4-2)14-15-13-18-16-5-6-20(7-8-22(15)16)17(23)21-9-11-24-12-10-21/h13H,3-12,14H2,1-2H3. The monoisotopic (exact) mass is 335 g/mol. The number of carbonyl (C=O) groups is 1. The smallest absolute Gasteiger partial charge is 0.320 e. The van der Waals surface area contributed by atoms with Gasteiger partial charge in [0.05, 0.1) is 18.9 Å². The molecule has 0 atom stereocenters. The number of imidazole rings is 1. The van der Waals surface area contributed by atoms with E-state index >= 15 is 0 Å². The second kappa shape index (κ2) is 7.98. The predicted molar refractivity (Wildman–Crippen MR) is 91.9 cm³/mol. The summed E-state index contributed by atoms with van der Waals surface area (Å²) in [4.78, 5) is 23.6. The van der Waals surface area contributed by atoms with Crippen molar-refractivity contribution in [1.29, 1.82) is 0 Å². The molecule has 24 heavy (non-hydrogen) atoms. The number of hydrogen-bond acceptors (Lipinski definition) is 4. The highest BCUT2D eigenvalue weighted by molar-refractivity contribution is 5.74. The van der Waals surface area contributed by atoms with Gasteiger partial charge in [-0.3, -0.25) is 4.90 Å². The second-order valence-electron chi connectivity index (χ2n) is 6.40. The normalized spacial score (nSPS) is 18.6. The molecule has 7 nitrogen and oxygen atoms in total. The third kappa shape index (κ3) is 3.72. The Bertz CT molecular complexity index is 549. The van der Waals surface area contributed by atoms with E-state index in [2.05, 4.69) is 28.3 Å². The van der Waals surface area contributed by atoms with Crippen molar-refractivity contribution < 1.29 is 9.53 Å². The van der Waals surface area contributed by atoms with Gasteiger partial charge in [-0.15, -0.1) is 0 Å². The molecule has 1 fully saturated rings. The van der Waals surface area contributed by atoms with Crippen molar-refractivity contribution in [2.45, 2.75) is 33.4 Å². The minimum Gasteiger partial charge on any atom is -0.378 e. The van der Waals surface area contributed by atoms with Gasteiger partial charge in [0.25, 0.3) is 0 Å². The first-order chi connectivity index (χ1) is 11.7. The zero-order chi connectivity index (χ0) is 16.9. The van der Waals surface area contributed by atoms with Crippen LogP contribution >= 0.6 is 0 Å². The number of ether oxygens (including phenoxy) is 1. The molecule has 0 spiro atoms. The van der Waals surface area contributed by atoms with Gasteiger partial charge in [-0.25, -0.2) is 9.78 Å². The summed E-state index contributed by atoms with van der Waals surface area (Å²) in [6.45, 7) is 12.4. The number of morpholine rings is 1. The van der Waals surface area contributed by atoms with Crippen LogP contribution in [-0.2, 0) is 24.2 Å². The first-order valence-corrected chi connectivity index (χ1v) is 9.10. The van der Waals surface area contributed by atoms with Gasteiger partial charge in [-0.1, -0.05) is 13.8 Å². The molecule has 1 saturated heterocycles. The lowest BCUT2D eigenvalue weighted by Crippen LogP contribution is -2.49. The largest absolute Gasteiger partial charge is 0.378 e. The van der Waals surface area contributed by atoms with E-state index in [0.29, 0.717) is 26.3 Å². The number of urea groups is 1. The highest BCUT2D eigenvalue weighted by Crippen LogP contribution is 2.15. The molecule has 7 heteroatoms. The van der Waals surface area contributed by atoms with Gasteiger partial charge in [-0.2, -0.15) is 0 Å². The minimum absolute atomic E-state index is 0.148. The fourth-order valence-electron chi connectivity index (χ4n) is 3.44. The average Bonchev–Trinajstić information content (AvgIpc) is 2.88. The number of aromatic nitrogens is 2. The van der Waals surface area contributed by atoms with Gasteiger partial charge in [0, 0.05) is 51.9 Å². The van der Waals surface area contributed by atoms with Gasteiger partial charge in [0.2, 0.25) is 0 Å². The second-order valence-corrected chi connectivity index (χ2v) is 6.40. The van der Waals surface area contributed by atoms with Crippen molar-refractivity contribution in [3.05, 3.63) is 17.7 Å². The van der Waals surface area contributed by atoms with Crippen LogP contribution in [0.25, 0.3) is 0 Å². The van der Waals surface area contributed by atoms with Gasteiger partial charge < -0.3 is 19.1 Å². The Kier molecular flexibility index (Phi) is 5.73. The maximum atomic E-state index is 12.7. The summed E-state index contributed by atoms with van der Waals surface area (Å²) in [7, 11) is 0. The van der Waals surface area contributed by atoms with Gasteiger partial charge in [0.15, 0.2) is 0 Å². The van der Waals surface area contributed by atoms with E-state index in [-0.39, 0.29) is 6.03 Å². The third-order valence-corrected chi connectivity index (χ3v) is 5.05. The van der Waals surface area contributed by atoms with Crippen molar-refractivity contribution in [2.24, 2.45) is 0 Å². The quantitative estimate of drug-likeness (QED) is 0.825. The molecule has 0 aliphatic carbocycles. The highest BCUT2D eigenvalue weighted by atomic mass is 16.5. The lowest BCUT2D eigenvalue weighted by molar-refractivity contribution is 0.0434. The molecule has 3 heterocycles. The topological polar surface area (TPSA) is 53.8 Å². The molecule has 0 aromatic carbocycles. The van der Waals surface area contributed by atoms with Crippen LogP contribution in [0.2, 0.25) is 0 Å². The van der Waals surface area contributed by atoms with E-state index < -0.39 is 0 Å². The van der Waals surface area contributed by atoms with Gasteiger partial charge in [0.1, 0.15) is 5.82 Å². The van der Waals surface area contributed by atoms with Crippen LogP contribution in [0.5, 0.6) is 0 Å². The molecule has 134 valence electrons. The zero-order valence-electron chi connectivity index (χ0n) is 14.9. The maximum Gasteiger partial charge on any atom is 0.320 e. The van der Waals surface area contributed by atoms with Crippen LogP contribution < -0.4 is 0 Å². The fraction of sp³-hybridized carbons (Fsp3) is 0.765. The first-order valence-electron chi connectivity index (χ1n) is 9.10. The van der Waals surface area contributed by atoms with Crippen LogP contribution in [0, 0.1) is 0 Å². The van der Waals surface area contributed by atoms with Crippen LogP contribution in [0.4, 0.5) is 4.79 Å². The van der Waals surface area contributed by atoms with Crippen molar-refractivity contribution >= 4 is 6.03 Å². The van der Waals surface area contributed by atoms with Crippen molar-refractivity contribution in [3.8, 4) is 0 Å².